The lowest BCUT2D eigenvalue weighted by atomic mass is 9.78. The molecule has 0 bridgehead atoms. The van der Waals surface area contributed by atoms with E-state index in [4.69, 9.17) is 28.4 Å². The van der Waals surface area contributed by atoms with Gasteiger partial charge >= 0.3 is 0 Å². The number of nitrogens with one attached hydrogen (secondary N) is 1. The van der Waals surface area contributed by atoms with Crippen molar-refractivity contribution < 1.29 is 48.5 Å². The Hall–Kier alpha value is -0.930. The zero-order valence-corrected chi connectivity index (χ0v) is 33.3. The molecule has 6 rings (SSSR count). The van der Waals surface area contributed by atoms with Crippen LogP contribution < -0.4 is 5.32 Å². The Balaban J connectivity index is 1.13. The Kier molecular flexibility index (Phi) is 12.2. The predicted octanol–water partition coefficient (Wildman–Crippen LogP) is 3.62. The van der Waals surface area contributed by atoms with E-state index in [1.807, 2.05) is 25.7 Å². The molecular formula is C40H70N2O10. The number of hydrogen-bond acceptors (Lipinski definition) is 11. The summed E-state index contributed by atoms with van der Waals surface area (Å²) in [5.41, 5.74) is -1.11. The maximum Gasteiger partial charge on any atom is 0.228 e. The molecule has 6 fully saturated rings. The van der Waals surface area contributed by atoms with Gasteiger partial charge in [-0.2, -0.15) is 0 Å². The molecule has 6 saturated heterocycles. The molecule has 12 nitrogen and oxygen atoms in total. The van der Waals surface area contributed by atoms with E-state index in [-0.39, 0.29) is 78.0 Å². The van der Waals surface area contributed by atoms with Gasteiger partial charge in [0.1, 0.15) is 0 Å². The number of amides is 1. The van der Waals surface area contributed by atoms with Crippen LogP contribution in [0, 0.1) is 35.5 Å². The number of piperazine rings is 1. The molecule has 1 spiro atoms. The van der Waals surface area contributed by atoms with Gasteiger partial charge in [-0.1, -0.05) is 48.5 Å². The van der Waals surface area contributed by atoms with Crippen LogP contribution in [0.5, 0.6) is 0 Å². The largest absolute Gasteiger partial charge is 0.393 e. The summed E-state index contributed by atoms with van der Waals surface area (Å²) in [7, 11) is 1.66. The van der Waals surface area contributed by atoms with Crippen molar-refractivity contribution >= 4 is 5.91 Å². The Morgan fingerprint density at radius 1 is 1.02 bits per heavy atom. The minimum atomic E-state index is -1.56. The summed E-state index contributed by atoms with van der Waals surface area (Å²) in [5, 5.41) is 35.8. The summed E-state index contributed by atoms with van der Waals surface area (Å²) in [6, 6.07) is 0. The summed E-state index contributed by atoms with van der Waals surface area (Å²) >= 11 is 0. The van der Waals surface area contributed by atoms with Crippen molar-refractivity contribution in [2.75, 3.05) is 39.9 Å². The van der Waals surface area contributed by atoms with E-state index in [0.29, 0.717) is 25.9 Å². The maximum atomic E-state index is 13.5. The second-order valence-corrected chi connectivity index (χ2v) is 18.0. The maximum absolute atomic E-state index is 13.5. The molecular weight excluding hydrogens is 668 g/mol. The first-order valence-corrected chi connectivity index (χ1v) is 20.5. The molecule has 6 heterocycles. The van der Waals surface area contributed by atoms with Gasteiger partial charge in [-0.15, -0.1) is 0 Å². The predicted molar refractivity (Wildman–Crippen MR) is 194 cm³/mol. The molecule has 52 heavy (non-hydrogen) atoms. The van der Waals surface area contributed by atoms with Crippen LogP contribution in [0.25, 0.3) is 0 Å². The van der Waals surface area contributed by atoms with Gasteiger partial charge in [0.05, 0.1) is 66.5 Å². The number of aliphatic hydroxyl groups excluding tert-OH is 2. The SMILES string of the molecule is CC[C@@]1([C@@H]2O[C@@H]([C@H]3O[C@@](O)(CO)[C@H](C)C[C@@H]3C)C[C@@H]2C)CC[C@H]([C@]2(C)CC[C@]3(C[C@H](O)[C@@H](C)[C@@H]([C@@H](C)[C@@H](OC)[C@H](C)C(=O)N4CCNCC4)O3)O2)O1. The fourth-order valence-electron chi connectivity index (χ4n) is 11.1. The number of nitrogens with zero attached hydrogens (tertiary/aromatic N) is 1. The molecule has 0 aromatic heterocycles. The first-order valence-electron chi connectivity index (χ1n) is 20.5. The van der Waals surface area contributed by atoms with Gasteiger partial charge in [0.2, 0.25) is 5.91 Å². The molecule has 12 heteroatoms. The third-order valence-corrected chi connectivity index (χ3v) is 14.5. The monoisotopic (exact) mass is 739 g/mol. The molecule has 1 amide bonds. The second kappa shape index (κ2) is 15.5. The highest BCUT2D eigenvalue weighted by Crippen LogP contribution is 2.55. The van der Waals surface area contributed by atoms with E-state index in [2.05, 4.69) is 39.9 Å². The van der Waals surface area contributed by atoms with E-state index in [0.717, 1.165) is 51.6 Å². The molecule has 0 aromatic rings. The van der Waals surface area contributed by atoms with E-state index >= 15 is 0 Å². The van der Waals surface area contributed by atoms with Crippen molar-refractivity contribution in [2.45, 2.75) is 172 Å². The van der Waals surface area contributed by atoms with Gasteiger partial charge in [-0.3, -0.25) is 4.79 Å². The van der Waals surface area contributed by atoms with E-state index in [1.165, 1.54) is 0 Å². The number of carbonyl (C=O) groups excluding carboxylic acids is 1. The summed E-state index contributed by atoms with van der Waals surface area (Å²) in [6.07, 6.45) is 3.58. The molecule has 6 aliphatic rings. The van der Waals surface area contributed by atoms with Crippen molar-refractivity contribution in [2.24, 2.45) is 35.5 Å². The lowest BCUT2D eigenvalue weighted by Gasteiger charge is -2.49. The van der Waals surface area contributed by atoms with Crippen LogP contribution in [0.15, 0.2) is 0 Å². The summed E-state index contributed by atoms with van der Waals surface area (Å²) < 4.78 is 40.3. The lowest BCUT2D eigenvalue weighted by molar-refractivity contribution is -0.336. The number of hydrogen-bond donors (Lipinski definition) is 4. The highest BCUT2D eigenvalue weighted by molar-refractivity contribution is 5.79. The van der Waals surface area contributed by atoms with Crippen LogP contribution in [0.4, 0.5) is 0 Å². The minimum absolute atomic E-state index is 0.0929. The van der Waals surface area contributed by atoms with Crippen LogP contribution in [0.1, 0.15) is 107 Å². The smallest absolute Gasteiger partial charge is 0.228 e. The van der Waals surface area contributed by atoms with Gasteiger partial charge in [-0.25, -0.2) is 0 Å². The summed E-state index contributed by atoms with van der Waals surface area (Å²) in [5.74, 6) is -2.86. The van der Waals surface area contributed by atoms with Crippen molar-refractivity contribution in [3.63, 3.8) is 0 Å². The number of rotatable bonds is 10. The molecule has 6 aliphatic heterocycles. The van der Waals surface area contributed by atoms with Crippen molar-refractivity contribution in [3.05, 3.63) is 0 Å². The lowest BCUT2D eigenvalue weighted by Crippen LogP contribution is -2.57. The van der Waals surface area contributed by atoms with E-state index < -0.39 is 35.5 Å². The van der Waals surface area contributed by atoms with Crippen molar-refractivity contribution in [1.82, 2.24) is 10.2 Å². The normalized spacial score (nSPS) is 49.0. The van der Waals surface area contributed by atoms with Gasteiger partial charge in [0.15, 0.2) is 11.6 Å². The molecule has 0 unspecified atom stereocenters. The Bertz CT molecular complexity index is 1240. The fourth-order valence-corrected chi connectivity index (χ4v) is 11.1. The molecule has 0 radical (unpaired) electrons. The number of ether oxygens (including phenoxy) is 6. The number of methoxy groups -OCH3 is 1. The van der Waals surface area contributed by atoms with Crippen molar-refractivity contribution in [3.8, 4) is 0 Å². The van der Waals surface area contributed by atoms with Gasteiger partial charge in [0, 0.05) is 63.9 Å². The molecule has 300 valence electrons. The van der Waals surface area contributed by atoms with Crippen LogP contribution in [-0.2, 0) is 33.2 Å². The van der Waals surface area contributed by atoms with Crippen molar-refractivity contribution in [1.29, 1.82) is 0 Å². The Labute approximate surface area is 311 Å². The van der Waals surface area contributed by atoms with E-state index in [1.54, 1.807) is 7.11 Å². The first kappa shape index (κ1) is 40.7. The third-order valence-electron chi connectivity index (χ3n) is 14.5. The Morgan fingerprint density at radius 3 is 2.38 bits per heavy atom. The number of aliphatic hydroxyl groups is 3. The van der Waals surface area contributed by atoms with E-state index in [9.17, 15) is 20.1 Å². The Morgan fingerprint density at radius 2 is 1.73 bits per heavy atom. The topological polar surface area (TPSA) is 148 Å². The quantitative estimate of drug-likeness (QED) is 0.261. The zero-order valence-electron chi connectivity index (χ0n) is 33.3. The van der Waals surface area contributed by atoms with Crippen LogP contribution in [0.3, 0.4) is 0 Å². The van der Waals surface area contributed by atoms with Crippen LogP contribution >= 0.6 is 0 Å². The molecule has 0 saturated carbocycles. The summed E-state index contributed by atoms with van der Waals surface area (Å²) in [6.45, 7) is 19.2. The first-order chi connectivity index (χ1) is 24.5. The highest BCUT2D eigenvalue weighted by Gasteiger charge is 2.62. The third kappa shape index (κ3) is 7.37. The summed E-state index contributed by atoms with van der Waals surface area (Å²) in [4.78, 5) is 15.4. The van der Waals surface area contributed by atoms with Crippen LogP contribution in [-0.4, -0.2) is 132 Å². The van der Waals surface area contributed by atoms with Gasteiger partial charge < -0.3 is 54.0 Å². The minimum Gasteiger partial charge on any atom is -0.393 e. The molecule has 17 atom stereocenters. The average molecular weight is 739 g/mol. The fraction of sp³-hybridized carbons (Fsp3) is 0.975. The number of carbonyl (C=O) groups is 1. The van der Waals surface area contributed by atoms with Crippen LogP contribution in [0.2, 0.25) is 0 Å². The van der Waals surface area contributed by atoms with Gasteiger partial charge in [-0.05, 0) is 57.3 Å². The zero-order chi connectivity index (χ0) is 37.8. The average Bonchev–Trinajstić information content (AvgIpc) is 3.84. The molecule has 0 aromatic carbocycles. The second-order valence-electron chi connectivity index (χ2n) is 18.0. The molecule has 4 N–H and O–H groups in total. The highest BCUT2D eigenvalue weighted by atomic mass is 16.7. The standard InChI is InChI=1S/C40H70N2O10/c1-10-38(35-24(3)20-30(48-35)32-23(2)19-25(4)40(46,22-43)51-32)12-11-31(49-38)37(8)13-14-39(52-37)21-29(44)26(5)34(50-39)27(6)33(47-9)28(7)36(45)42-17-15-41-16-18-42/h23-35,41,43-44,46H,10-22H2,1-9H3/t23-,24-,25+,26+,27-,28-,29-,30+,31+,32-,33+,34-,35+,37-,38-,39+,40-/m0/s1. The van der Waals surface area contributed by atoms with Gasteiger partial charge in [0.25, 0.3) is 0 Å². The molecule has 0 aliphatic carbocycles.